The Hall–Kier alpha value is -0.470. The molecule has 0 aliphatic rings. The number of carbonyl (C=O) groups excluding carboxylic acids is 1. The van der Waals surface area contributed by atoms with Gasteiger partial charge in [0.2, 0.25) is 9.39 Å². The second kappa shape index (κ2) is 6.12. The predicted molar refractivity (Wildman–Crippen MR) is 88.0 cm³/mol. The number of benzene rings is 2. The molecule has 2 rings (SSSR count). The van der Waals surface area contributed by atoms with Crippen LogP contribution in [0.25, 0.3) is 0 Å². The molecule has 0 aliphatic carbocycles. The summed E-state index contributed by atoms with van der Waals surface area (Å²) < 4.78 is 4.46. The minimum Gasteiger partial charge on any atom is -0.289 e. The first-order valence-electron chi connectivity index (χ1n) is 5.32. The first-order chi connectivity index (χ1) is 8.68. The maximum absolute atomic E-state index is 12.6. The first-order valence-corrected chi connectivity index (χ1v) is 7.28. The van der Waals surface area contributed by atoms with Crippen LogP contribution in [0.1, 0.15) is 15.9 Å². The highest BCUT2D eigenvalue weighted by molar-refractivity contribution is 14.1. The summed E-state index contributed by atoms with van der Waals surface area (Å²) in [4.78, 5) is 12.6. The van der Waals surface area contributed by atoms with E-state index in [-0.39, 0.29) is 5.78 Å². The van der Waals surface area contributed by atoms with E-state index in [1.807, 2.05) is 48.5 Å². The van der Waals surface area contributed by atoms with Crippen LogP contribution in [0, 0.1) is 0 Å². The lowest BCUT2D eigenvalue weighted by Crippen LogP contribution is -2.29. The Kier molecular flexibility index (Phi) is 4.74. The molecule has 0 aliphatic heterocycles. The van der Waals surface area contributed by atoms with Gasteiger partial charge in [-0.2, -0.15) is 0 Å². The smallest absolute Gasteiger partial charge is 0.218 e. The summed E-state index contributed by atoms with van der Waals surface area (Å²) in [7, 11) is 0. The molecular formula is C14H10I2O2. The van der Waals surface area contributed by atoms with Crippen LogP contribution >= 0.6 is 45.6 Å². The summed E-state index contributed by atoms with van der Waals surface area (Å²) in [5, 5.41) is 0. The quantitative estimate of drug-likeness (QED) is 0.378. The summed E-state index contributed by atoms with van der Waals surface area (Å²) in [6.45, 7) is 0. The van der Waals surface area contributed by atoms with Gasteiger partial charge in [-0.15, -0.1) is 0 Å². The number of Topliss-reactive ketones (excluding diaryl/α,β-unsaturated/α-hetero) is 1. The van der Waals surface area contributed by atoms with Crippen LogP contribution in [0.4, 0.5) is 0 Å². The number of rotatable bonds is 4. The van der Waals surface area contributed by atoms with Crippen LogP contribution in [0.5, 0.6) is 0 Å². The zero-order valence-corrected chi connectivity index (χ0v) is 13.7. The molecule has 0 bridgehead atoms. The fourth-order valence-corrected chi connectivity index (χ4v) is 2.76. The molecule has 0 radical (unpaired) electrons. The molecule has 0 saturated heterocycles. The van der Waals surface area contributed by atoms with E-state index < -0.39 is 3.61 Å². The van der Waals surface area contributed by atoms with Crippen molar-refractivity contribution in [1.29, 1.82) is 0 Å². The molecule has 0 fully saturated rings. The van der Waals surface area contributed by atoms with Crippen LogP contribution in [-0.2, 0) is 6.67 Å². The maximum atomic E-state index is 12.6. The normalized spacial score (nSPS) is 13.9. The van der Waals surface area contributed by atoms with Gasteiger partial charge in [0.25, 0.3) is 0 Å². The third-order valence-electron chi connectivity index (χ3n) is 2.58. The van der Waals surface area contributed by atoms with Crippen molar-refractivity contribution < 1.29 is 7.86 Å². The van der Waals surface area contributed by atoms with Gasteiger partial charge in [-0.3, -0.25) is 7.86 Å². The minimum atomic E-state index is -0.985. The number of ketones is 1. The fourth-order valence-electron chi connectivity index (χ4n) is 1.64. The zero-order valence-electron chi connectivity index (χ0n) is 9.35. The minimum absolute atomic E-state index is 0.0516. The second-order valence-corrected chi connectivity index (χ2v) is 5.69. The van der Waals surface area contributed by atoms with Gasteiger partial charge in [0, 0.05) is 11.1 Å². The van der Waals surface area contributed by atoms with Crippen LogP contribution in [-0.4, -0.2) is 5.78 Å². The lowest BCUT2D eigenvalue weighted by Gasteiger charge is -2.23. The van der Waals surface area contributed by atoms with Gasteiger partial charge in [0.15, 0.2) is 0 Å². The van der Waals surface area contributed by atoms with E-state index in [1.165, 1.54) is 0 Å². The van der Waals surface area contributed by atoms with Crippen molar-refractivity contribution >= 4 is 51.4 Å². The molecule has 4 heteroatoms. The summed E-state index contributed by atoms with van der Waals surface area (Å²) in [6.07, 6.45) is 0. The molecule has 2 aromatic rings. The van der Waals surface area contributed by atoms with E-state index in [1.54, 1.807) is 35.1 Å². The monoisotopic (exact) mass is 464 g/mol. The lowest BCUT2D eigenvalue weighted by molar-refractivity contribution is 0.0828. The molecule has 1 atom stereocenters. The number of halogens is 2. The summed E-state index contributed by atoms with van der Waals surface area (Å²) >= 11 is 3.84. The van der Waals surface area contributed by atoms with Crippen LogP contribution < -0.4 is 0 Å². The van der Waals surface area contributed by atoms with Crippen molar-refractivity contribution in [3.8, 4) is 0 Å². The summed E-state index contributed by atoms with van der Waals surface area (Å²) in [5.74, 6) is -0.0516. The Morgan fingerprint density at radius 1 is 0.944 bits per heavy atom. The largest absolute Gasteiger partial charge is 0.289 e. The van der Waals surface area contributed by atoms with Gasteiger partial charge >= 0.3 is 0 Å². The molecule has 0 heterocycles. The number of hydrogen-bond donors (Lipinski definition) is 0. The average molecular weight is 464 g/mol. The Morgan fingerprint density at radius 2 is 1.44 bits per heavy atom. The lowest BCUT2D eigenvalue weighted by atomic mass is 10.0. The first kappa shape index (κ1) is 14.0. The van der Waals surface area contributed by atoms with Crippen LogP contribution in [0.2, 0.25) is 0 Å². The van der Waals surface area contributed by atoms with Gasteiger partial charge in [0.05, 0.1) is 0 Å². The van der Waals surface area contributed by atoms with Gasteiger partial charge < -0.3 is 0 Å². The maximum Gasteiger partial charge on any atom is 0.218 e. The molecule has 0 N–H and O–H groups in total. The highest BCUT2D eigenvalue weighted by Gasteiger charge is 2.38. The van der Waals surface area contributed by atoms with Crippen molar-refractivity contribution in [1.82, 2.24) is 0 Å². The van der Waals surface area contributed by atoms with Crippen LogP contribution in [0.3, 0.4) is 0 Å². The standard InChI is InChI=1S/C14H10I2O2/c15-14(18-16,12-9-5-2-6-10-12)13(17)11-7-3-1-4-8-11/h1-10H. The summed E-state index contributed by atoms with van der Waals surface area (Å²) in [6, 6.07) is 18.7. The molecule has 18 heavy (non-hydrogen) atoms. The average Bonchev–Trinajstić information content (AvgIpc) is 2.47. The van der Waals surface area contributed by atoms with E-state index in [0.717, 1.165) is 5.56 Å². The van der Waals surface area contributed by atoms with Gasteiger partial charge in [-0.1, -0.05) is 60.7 Å². The molecule has 2 aromatic carbocycles. The fraction of sp³-hybridized carbons (Fsp3) is 0.0714. The molecule has 0 spiro atoms. The number of alkyl halides is 1. The highest BCUT2D eigenvalue weighted by Crippen LogP contribution is 2.38. The van der Waals surface area contributed by atoms with E-state index in [9.17, 15) is 4.79 Å². The molecule has 0 amide bonds. The Balaban J connectivity index is 2.43. The van der Waals surface area contributed by atoms with E-state index in [2.05, 4.69) is 22.6 Å². The number of hydrogen-bond acceptors (Lipinski definition) is 2. The van der Waals surface area contributed by atoms with E-state index in [4.69, 9.17) is 3.07 Å². The van der Waals surface area contributed by atoms with Crippen LogP contribution in [0.15, 0.2) is 60.7 Å². The van der Waals surface area contributed by atoms with Crippen molar-refractivity contribution in [3.05, 3.63) is 71.8 Å². The Morgan fingerprint density at radius 3 is 1.94 bits per heavy atom. The Labute approximate surface area is 134 Å². The van der Waals surface area contributed by atoms with E-state index >= 15 is 0 Å². The van der Waals surface area contributed by atoms with Crippen molar-refractivity contribution in [2.75, 3.05) is 0 Å². The SMILES string of the molecule is O=C(c1ccccc1)C(I)(OI)c1ccccc1. The van der Waals surface area contributed by atoms with Gasteiger partial charge in [-0.25, -0.2) is 0 Å². The zero-order chi connectivity index (χ0) is 13.0. The molecule has 2 nitrogen and oxygen atoms in total. The van der Waals surface area contributed by atoms with Crippen molar-refractivity contribution in [3.63, 3.8) is 0 Å². The molecule has 92 valence electrons. The number of carbonyl (C=O) groups is 1. The Bertz CT molecular complexity index is 528. The second-order valence-electron chi connectivity index (χ2n) is 3.73. The molecule has 0 aromatic heterocycles. The van der Waals surface area contributed by atoms with Gasteiger partial charge in [0.1, 0.15) is 23.0 Å². The topological polar surface area (TPSA) is 26.3 Å². The van der Waals surface area contributed by atoms with Gasteiger partial charge in [-0.05, 0) is 22.6 Å². The molecule has 0 saturated carbocycles. The van der Waals surface area contributed by atoms with Crippen molar-refractivity contribution in [2.45, 2.75) is 3.61 Å². The third-order valence-corrected chi connectivity index (χ3v) is 5.42. The third kappa shape index (κ3) is 2.75. The van der Waals surface area contributed by atoms with Crippen molar-refractivity contribution in [2.24, 2.45) is 0 Å². The predicted octanol–water partition coefficient (Wildman–Crippen LogP) is 4.52. The highest BCUT2D eigenvalue weighted by atomic mass is 127. The molecule has 1 unspecified atom stereocenters. The molecular weight excluding hydrogens is 454 g/mol. The van der Waals surface area contributed by atoms with E-state index in [0.29, 0.717) is 5.56 Å². The summed E-state index contributed by atoms with van der Waals surface area (Å²) in [5.41, 5.74) is 1.49.